The quantitative estimate of drug-likeness (QED) is 0.787. The van der Waals surface area contributed by atoms with E-state index in [-0.39, 0.29) is 5.91 Å². The van der Waals surface area contributed by atoms with E-state index in [0.717, 1.165) is 21.0 Å². The molecule has 0 saturated carbocycles. The zero-order chi connectivity index (χ0) is 15.4. The van der Waals surface area contributed by atoms with Gasteiger partial charge in [-0.3, -0.25) is 9.69 Å². The first kappa shape index (κ1) is 16.2. The molecule has 2 aromatic heterocycles. The van der Waals surface area contributed by atoms with Crippen LogP contribution in [0, 0.1) is 0 Å². The first-order valence-corrected chi connectivity index (χ1v) is 8.33. The van der Waals surface area contributed by atoms with Crippen molar-refractivity contribution in [2.45, 2.75) is 20.4 Å². The van der Waals surface area contributed by atoms with Crippen molar-refractivity contribution < 1.29 is 4.79 Å². The smallest absolute Gasteiger partial charge is 0.225 e. The summed E-state index contributed by atoms with van der Waals surface area (Å²) in [5.74, 6) is -0.00260. The Balaban J connectivity index is 2.02. The van der Waals surface area contributed by atoms with E-state index in [1.54, 1.807) is 18.0 Å². The summed E-state index contributed by atoms with van der Waals surface area (Å²) in [6.45, 7) is 4.64. The van der Waals surface area contributed by atoms with Gasteiger partial charge in [0.25, 0.3) is 0 Å². The highest BCUT2D eigenvalue weighted by Crippen LogP contribution is 2.24. The summed E-state index contributed by atoms with van der Waals surface area (Å²) in [4.78, 5) is 21.6. The van der Waals surface area contributed by atoms with E-state index >= 15 is 0 Å². The number of carbonyl (C=O) groups excluding carboxylic acids is 1. The molecule has 1 N–H and O–H groups in total. The Morgan fingerprint density at radius 1 is 1.57 bits per heavy atom. The predicted octanol–water partition coefficient (Wildman–Crippen LogP) is 3.94. The number of amides is 1. The molecule has 2 heterocycles. The number of anilines is 2. The van der Waals surface area contributed by atoms with Gasteiger partial charge in [0.1, 0.15) is 5.15 Å². The van der Waals surface area contributed by atoms with Gasteiger partial charge in [0.05, 0.1) is 28.6 Å². The van der Waals surface area contributed by atoms with Gasteiger partial charge in [0, 0.05) is 18.8 Å². The fraction of sp³-hybridized carbons (Fsp3) is 0.308. The number of rotatable bonds is 5. The highest BCUT2D eigenvalue weighted by Gasteiger charge is 2.13. The Kier molecular flexibility index (Phi) is 5.55. The lowest BCUT2D eigenvalue weighted by atomic mass is 10.4. The lowest BCUT2D eigenvalue weighted by molar-refractivity contribution is -0.116. The van der Waals surface area contributed by atoms with Crippen molar-refractivity contribution in [1.82, 2.24) is 9.97 Å². The lowest BCUT2D eigenvalue weighted by Crippen LogP contribution is -2.27. The van der Waals surface area contributed by atoms with Crippen LogP contribution in [-0.2, 0) is 11.3 Å². The number of pyridine rings is 1. The van der Waals surface area contributed by atoms with Crippen molar-refractivity contribution in [3.05, 3.63) is 33.0 Å². The van der Waals surface area contributed by atoms with Crippen LogP contribution in [0.1, 0.15) is 19.5 Å². The molecule has 21 heavy (non-hydrogen) atoms. The second kappa shape index (κ2) is 7.20. The third-order valence-electron chi connectivity index (χ3n) is 2.74. The monoisotopic (exact) mass is 388 g/mol. The van der Waals surface area contributed by atoms with Gasteiger partial charge in [-0.2, -0.15) is 0 Å². The van der Waals surface area contributed by atoms with Crippen molar-refractivity contribution in [3.63, 3.8) is 0 Å². The highest BCUT2D eigenvalue weighted by atomic mass is 79.9. The molecule has 0 aliphatic rings. The van der Waals surface area contributed by atoms with Crippen LogP contribution in [-0.4, -0.2) is 22.4 Å². The third-order valence-corrected chi connectivity index (χ3v) is 4.78. The largest absolute Gasteiger partial charge is 0.378 e. The zero-order valence-electron chi connectivity index (χ0n) is 11.6. The predicted molar refractivity (Wildman–Crippen MR) is 90.1 cm³/mol. The number of halogens is 2. The fourth-order valence-corrected chi connectivity index (χ4v) is 3.09. The summed E-state index contributed by atoms with van der Waals surface area (Å²) in [6, 6.07) is 1.86. The molecule has 0 bridgehead atoms. The molecule has 0 atom stereocenters. The maximum atomic E-state index is 11.5. The Labute approximate surface area is 140 Å². The normalized spacial score (nSPS) is 10.5. The van der Waals surface area contributed by atoms with Crippen LogP contribution in [0.5, 0.6) is 0 Å². The molecule has 0 aliphatic heterocycles. The van der Waals surface area contributed by atoms with E-state index in [1.807, 2.05) is 18.4 Å². The van der Waals surface area contributed by atoms with Crippen LogP contribution in [0.4, 0.5) is 10.8 Å². The molecule has 0 unspecified atom stereocenters. The van der Waals surface area contributed by atoms with E-state index in [1.165, 1.54) is 11.3 Å². The van der Waals surface area contributed by atoms with Crippen molar-refractivity contribution in [3.8, 4) is 0 Å². The molecular formula is C13H14BrClN4OS. The van der Waals surface area contributed by atoms with Crippen molar-refractivity contribution in [2.24, 2.45) is 0 Å². The van der Waals surface area contributed by atoms with E-state index in [2.05, 4.69) is 31.2 Å². The Morgan fingerprint density at radius 2 is 2.33 bits per heavy atom. The molecule has 0 aromatic carbocycles. The number of nitrogens with zero attached hydrogens (tertiary/aromatic N) is 3. The van der Waals surface area contributed by atoms with Crippen LogP contribution < -0.4 is 10.2 Å². The molecule has 0 saturated heterocycles. The molecule has 1 amide bonds. The van der Waals surface area contributed by atoms with Crippen LogP contribution in [0.25, 0.3) is 0 Å². The maximum Gasteiger partial charge on any atom is 0.225 e. The van der Waals surface area contributed by atoms with Gasteiger partial charge < -0.3 is 5.32 Å². The van der Waals surface area contributed by atoms with Gasteiger partial charge in [-0.1, -0.05) is 11.6 Å². The van der Waals surface area contributed by atoms with E-state index in [4.69, 9.17) is 11.6 Å². The molecule has 2 aromatic rings. The molecule has 0 aliphatic carbocycles. The Morgan fingerprint density at radius 3 is 2.95 bits per heavy atom. The number of nitrogens with one attached hydrogen (secondary N) is 1. The minimum absolute atomic E-state index is 0.00260. The Hall–Kier alpha value is -1.18. The van der Waals surface area contributed by atoms with Gasteiger partial charge in [-0.25, -0.2) is 9.97 Å². The molecular weight excluding hydrogens is 376 g/mol. The minimum Gasteiger partial charge on any atom is -0.378 e. The average Bonchev–Trinajstić information content (AvgIpc) is 2.89. The summed E-state index contributed by atoms with van der Waals surface area (Å²) >= 11 is 10.6. The second-order valence-electron chi connectivity index (χ2n) is 4.23. The molecule has 0 fully saturated rings. The van der Waals surface area contributed by atoms with Gasteiger partial charge in [0.2, 0.25) is 5.91 Å². The summed E-state index contributed by atoms with van der Waals surface area (Å²) in [5, 5.41) is 6.30. The van der Waals surface area contributed by atoms with Gasteiger partial charge in [-0.15, -0.1) is 11.3 Å². The molecule has 5 nitrogen and oxygen atoms in total. The number of carbonyl (C=O) groups is 1. The van der Waals surface area contributed by atoms with Crippen molar-refractivity contribution >= 4 is 55.6 Å². The molecule has 112 valence electrons. The number of aromatic nitrogens is 2. The van der Waals surface area contributed by atoms with Crippen molar-refractivity contribution in [2.75, 3.05) is 16.8 Å². The lowest BCUT2D eigenvalue weighted by Gasteiger charge is -2.14. The zero-order valence-corrected chi connectivity index (χ0v) is 14.7. The molecule has 2 rings (SSSR count). The standard InChI is InChI=1S/C13H14BrClN4OS/c1-3-19(8(2)20)13-18-10(7-21-13)6-16-9-4-11(14)12(15)17-5-9/h4-5,7,16H,3,6H2,1-2H3. The summed E-state index contributed by atoms with van der Waals surface area (Å²) in [5.41, 5.74) is 1.72. The topological polar surface area (TPSA) is 58.1 Å². The molecule has 8 heteroatoms. The first-order valence-electron chi connectivity index (χ1n) is 6.28. The average molecular weight is 390 g/mol. The van der Waals surface area contributed by atoms with Crippen LogP contribution >= 0.6 is 38.9 Å². The summed E-state index contributed by atoms with van der Waals surface area (Å²) < 4.78 is 0.738. The van der Waals surface area contributed by atoms with E-state index < -0.39 is 0 Å². The van der Waals surface area contributed by atoms with Crippen molar-refractivity contribution in [1.29, 1.82) is 0 Å². The first-order chi connectivity index (χ1) is 10.0. The van der Waals surface area contributed by atoms with Crippen LogP contribution in [0.3, 0.4) is 0 Å². The summed E-state index contributed by atoms with van der Waals surface area (Å²) in [6.07, 6.45) is 1.66. The minimum atomic E-state index is -0.00260. The number of thiazole rings is 1. The van der Waals surface area contributed by atoms with Crippen LogP contribution in [0.15, 0.2) is 22.1 Å². The van der Waals surface area contributed by atoms with Crippen LogP contribution in [0.2, 0.25) is 5.15 Å². The molecule has 0 radical (unpaired) electrons. The summed E-state index contributed by atoms with van der Waals surface area (Å²) in [7, 11) is 0. The van der Waals surface area contributed by atoms with Gasteiger partial charge in [-0.05, 0) is 28.9 Å². The number of hydrogen-bond acceptors (Lipinski definition) is 5. The SMILES string of the molecule is CCN(C(C)=O)c1nc(CNc2cnc(Cl)c(Br)c2)cs1. The Bertz CT molecular complexity index is 649. The van der Waals surface area contributed by atoms with E-state index in [0.29, 0.717) is 18.2 Å². The molecule has 0 spiro atoms. The van der Waals surface area contributed by atoms with Gasteiger partial charge >= 0.3 is 0 Å². The van der Waals surface area contributed by atoms with Gasteiger partial charge in [0.15, 0.2) is 5.13 Å². The third kappa shape index (κ3) is 4.15. The number of hydrogen-bond donors (Lipinski definition) is 1. The van der Waals surface area contributed by atoms with E-state index in [9.17, 15) is 4.79 Å². The second-order valence-corrected chi connectivity index (χ2v) is 6.28. The maximum absolute atomic E-state index is 11.5. The highest BCUT2D eigenvalue weighted by molar-refractivity contribution is 9.10. The fourth-order valence-electron chi connectivity index (χ4n) is 1.70.